The summed E-state index contributed by atoms with van der Waals surface area (Å²) in [5.41, 5.74) is 0. The molecule has 0 radical (unpaired) electrons. The van der Waals surface area contributed by atoms with Crippen molar-refractivity contribution in [3.8, 4) is 0 Å². The van der Waals surface area contributed by atoms with Crippen LogP contribution in [0.4, 0.5) is 0 Å². The summed E-state index contributed by atoms with van der Waals surface area (Å²) in [6.07, 6.45) is 13.6. The molecule has 0 saturated carbocycles. The van der Waals surface area contributed by atoms with Crippen molar-refractivity contribution in [2.45, 2.75) is 77.2 Å². The van der Waals surface area contributed by atoms with Gasteiger partial charge in [0.2, 0.25) is 0 Å². The Morgan fingerprint density at radius 3 is 1.83 bits per heavy atom. The van der Waals surface area contributed by atoms with Gasteiger partial charge in [-0.15, -0.1) is 28.6 Å². The summed E-state index contributed by atoms with van der Waals surface area (Å²) in [7, 11) is 4.39. The van der Waals surface area contributed by atoms with Gasteiger partial charge in [0.1, 0.15) is 0 Å². The van der Waals surface area contributed by atoms with Crippen LogP contribution in [0.15, 0.2) is 0 Å². The SMILES string of the molecule is Br.CCCCCCCCCC(CCCCl)N(C)C. The minimum Gasteiger partial charge on any atom is -0.306 e. The highest BCUT2D eigenvalue weighted by Gasteiger charge is 2.09. The van der Waals surface area contributed by atoms with Crippen LogP contribution in [0.3, 0.4) is 0 Å². The Morgan fingerprint density at radius 1 is 0.833 bits per heavy atom. The monoisotopic (exact) mass is 341 g/mol. The summed E-state index contributed by atoms with van der Waals surface area (Å²) in [5.74, 6) is 0.807. The smallest absolute Gasteiger partial charge is 0.0224 e. The molecule has 0 bridgehead atoms. The normalized spacial score (nSPS) is 12.5. The molecule has 1 atom stereocenters. The van der Waals surface area contributed by atoms with Crippen LogP contribution in [-0.2, 0) is 0 Å². The molecule has 0 amide bonds. The zero-order valence-corrected chi connectivity index (χ0v) is 15.1. The molecule has 0 spiro atoms. The first-order chi connectivity index (χ1) is 8.22. The standard InChI is InChI=1S/C15H32ClN.BrH/c1-4-5-6-7-8-9-10-12-15(17(2)3)13-11-14-16;/h15H,4-14H2,1-3H3;1H. The Balaban J connectivity index is 0. The summed E-state index contributed by atoms with van der Waals surface area (Å²) >= 11 is 5.76. The molecule has 0 aliphatic carbocycles. The molecule has 0 aromatic rings. The van der Waals surface area contributed by atoms with Gasteiger partial charge in [0.05, 0.1) is 0 Å². The highest BCUT2D eigenvalue weighted by atomic mass is 79.9. The van der Waals surface area contributed by atoms with Crippen LogP contribution in [0.25, 0.3) is 0 Å². The summed E-state index contributed by atoms with van der Waals surface area (Å²) < 4.78 is 0. The van der Waals surface area contributed by atoms with Crippen molar-refractivity contribution in [3.63, 3.8) is 0 Å². The maximum absolute atomic E-state index is 5.76. The third-order valence-electron chi connectivity index (χ3n) is 3.54. The molecule has 3 heteroatoms. The second kappa shape index (κ2) is 15.8. The third-order valence-corrected chi connectivity index (χ3v) is 3.81. The van der Waals surface area contributed by atoms with E-state index in [1.807, 2.05) is 0 Å². The number of hydrogen-bond acceptors (Lipinski definition) is 1. The number of nitrogens with zero attached hydrogens (tertiary/aromatic N) is 1. The molecule has 1 nitrogen and oxygen atoms in total. The van der Waals surface area contributed by atoms with E-state index in [4.69, 9.17) is 11.6 Å². The van der Waals surface area contributed by atoms with Gasteiger partial charge in [0.25, 0.3) is 0 Å². The number of unbranched alkanes of at least 4 members (excludes halogenated alkanes) is 6. The lowest BCUT2D eigenvalue weighted by molar-refractivity contribution is 0.256. The van der Waals surface area contributed by atoms with E-state index in [1.54, 1.807) is 0 Å². The van der Waals surface area contributed by atoms with E-state index in [0.29, 0.717) is 0 Å². The molecule has 18 heavy (non-hydrogen) atoms. The first-order valence-corrected chi connectivity index (χ1v) is 7.98. The number of rotatable bonds is 12. The quantitative estimate of drug-likeness (QED) is 0.327. The van der Waals surface area contributed by atoms with E-state index in [-0.39, 0.29) is 17.0 Å². The van der Waals surface area contributed by atoms with E-state index in [2.05, 4.69) is 25.9 Å². The van der Waals surface area contributed by atoms with Crippen LogP contribution in [0, 0.1) is 0 Å². The molecule has 0 saturated heterocycles. The maximum Gasteiger partial charge on any atom is 0.0224 e. The Hall–Kier alpha value is 0.730. The Morgan fingerprint density at radius 2 is 1.33 bits per heavy atom. The molecule has 1 unspecified atom stereocenters. The van der Waals surface area contributed by atoms with Crippen LogP contribution in [-0.4, -0.2) is 30.9 Å². The minimum atomic E-state index is 0. The second-order valence-corrected chi connectivity index (χ2v) is 5.74. The van der Waals surface area contributed by atoms with Crippen molar-refractivity contribution >= 4 is 28.6 Å². The average Bonchev–Trinajstić information content (AvgIpc) is 2.31. The summed E-state index contributed by atoms with van der Waals surface area (Å²) in [6, 6.07) is 0.740. The van der Waals surface area contributed by atoms with Crippen molar-refractivity contribution in [1.29, 1.82) is 0 Å². The number of halogens is 2. The first-order valence-electron chi connectivity index (χ1n) is 7.44. The van der Waals surface area contributed by atoms with E-state index in [9.17, 15) is 0 Å². The van der Waals surface area contributed by atoms with Crippen LogP contribution in [0.1, 0.15) is 71.1 Å². The van der Waals surface area contributed by atoms with Gasteiger partial charge in [-0.2, -0.15) is 0 Å². The van der Waals surface area contributed by atoms with Crippen LogP contribution >= 0.6 is 28.6 Å². The Bertz CT molecular complexity index is 153. The van der Waals surface area contributed by atoms with E-state index in [0.717, 1.165) is 18.3 Å². The number of alkyl halides is 1. The lowest BCUT2D eigenvalue weighted by atomic mass is 10.0. The van der Waals surface area contributed by atoms with Crippen molar-refractivity contribution in [2.75, 3.05) is 20.0 Å². The van der Waals surface area contributed by atoms with Gasteiger partial charge >= 0.3 is 0 Å². The zero-order chi connectivity index (χ0) is 12.9. The van der Waals surface area contributed by atoms with E-state index >= 15 is 0 Å². The minimum absolute atomic E-state index is 0. The highest BCUT2D eigenvalue weighted by molar-refractivity contribution is 8.93. The third kappa shape index (κ3) is 13.2. The first kappa shape index (κ1) is 21.0. The lowest BCUT2D eigenvalue weighted by Crippen LogP contribution is -2.27. The molecular weight excluding hydrogens is 310 g/mol. The molecule has 0 heterocycles. The summed E-state index contributed by atoms with van der Waals surface area (Å²) in [5, 5.41) is 0. The zero-order valence-electron chi connectivity index (χ0n) is 12.6. The van der Waals surface area contributed by atoms with Crippen LogP contribution in [0.5, 0.6) is 0 Å². The molecule has 0 aromatic carbocycles. The fourth-order valence-corrected chi connectivity index (χ4v) is 2.46. The van der Waals surface area contributed by atoms with Gasteiger partial charge in [0, 0.05) is 11.9 Å². The van der Waals surface area contributed by atoms with Gasteiger partial charge in [-0.05, 0) is 33.4 Å². The van der Waals surface area contributed by atoms with Crippen LogP contribution < -0.4 is 0 Å². The predicted molar refractivity (Wildman–Crippen MR) is 90.4 cm³/mol. The molecule has 112 valence electrons. The molecule has 0 rings (SSSR count). The van der Waals surface area contributed by atoms with Crippen molar-refractivity contribution in [2.24, 2.45) is 0 Å². The van der Waals surface area contributed by atoms with Gasteiger partial charge < -0.3 is 4.90 Å². The van der Waals surface area contributed by atoms with Crippen molar-refractivity contribution in [1.82, 2.24) is 4.90 Å². The molecule has 0 aliphatic rings. The van der Waals surface area contributed by atoms with Crippen molar-refractivity contribution in [3.05, 3.63) is 0 Å². The van der Waals surface area contributed by atoms with E-state index in [1.165, 1.54) is 57.8 Å². The fraction of sp³-hybridized carbons (Fsp3) is 1.00. The maximum atomic E-state index is 5.76. The molecule has 0 aromatic heterocycles. The van der Waals surface area contributed by atoms with Gasteiger partial charge in [0.15, 0.2) is 0 Å². The summed E-state index contributed by atoms with van der Waals surface area (Å²) in [6.45, 7) is 2.28. The second-order valence-electron chi connectivity index (χ2n) is 5.36. The molecular formula is C15H33BrClN. The Kier molecular flexibility index (Phi) is 18.4. The van der Waals surface area contributed by atoms with E-state index < -0.39 is 0 Å². The highest BCUT2D eigenvalue weighted by Crippen LogP contribution is 2.15. The fourth-order valence-electron chi connectivity index (χ4n) is 2.31. The lowest BCUT2D eigenvalue weighted by Gasteiger charge is -2.24. The van der Waals surface area contributed by atoms with Gasteiger partial charge in [-0.25, -0.2) is 0 Å². The average molecular weight is 343 g/mol. The predicted octanol–water partition coefficient (Wildman–Crippen LogP) is 5.65. The largest absolute Gasteiger partial charge is 0.306 e. The van der Waals surface area contributed by atoms with Gasteiger partial charge in [-0.1, -0.05) is 51.9 Å². The molecule has 0 N–H and O–H groups in total. The Labute approximate surface area is 130 Å². The van der Waals surface area contributed by atoms with Crippen LogP contribution in [0.2, 0.25) is 0 Å². The van der Waals surface area contributed by atoms with Gasteiger partial charge in [-0.3, -0.25) is 0 Å². The number of hydrogen-bond donors (Lipinski definition) is 0. The summed E-state index contributed by atoms with van der Waals surface area (Å²) in [4.78, 5) is 2.36. The van der Waals surface area contributed by atoms with Crippen molar-refractivity contribution < 1.29 is 0 Å². The molecule has 0 fully saturated rings. The molecule has 0 aliphatic heterocycles. The topological polar surface area (TPSA) is 3.24 Å².